The lowest BCUT2D eigenvalue weighted by molar-refractivity contribution is -0.161. The first-order valence-electron chi connectivity index (χ1n) is 7.23. The van der Waals surface area contributed by atoms with E-state index in [0.717, 1.165) is 6.42 Å². The van der Waals surface area contributed by atoms with Gasteiger partial charge >= 0.3 is 5.97 Å². The topological polar surface area (TPSA) is 38.8 Å². The third-order valence-electron chi connectivity index (χ3n) is 4.77. The zero-order valence-electron chi connectivity index (χ0n) is 12.2. The second kappa shape index (κ2) is 4.84. The van der Waals surface area contributed by atoms with E-state index in [-0.39, 0.29) is 18.2 Å². The molecule has 0 aromatic carbocycles. The molecule has 0 radical (unpaired) electrons. The lowest BCUT2D eigenvalue weighted by Crippen LogP contribution is -2.39. The Hall–Kier alpha value is -0.570. The van der Waals surface area contributed by atoms with Crippen LogP contribution in [0, 0.1) is 17.8 Å². The Morgan fingerprint density at radius 3 is 2.44 bits per heavy atom. The Bertz CT molecular complexity index is 326. The Balaban J connectivity index is 1.98. The highest BCUT2D eigenvalue weighted by molar-refractivity contribution is 5.82. The molecule has 0 aromatic heterocycles. The van der Waals surface area contributed by atoms with E-state index in [2.05, 4.69) is 20.8 Å². The summed E-state index contributed by atoms with van der Waals surface area (Å²) in [6.45, 7) is 10.4. The third kappa shape index (κ3) is 2.56. The Morgan fingerprint density at radius 2 is 1.94 bits per heavy atom. The van der Waals surface area contributed by atoms with Crippen LogP contribution in [0.4, 0.5) is 0 Å². The molecule has 2 fully saturated rings. The predicted molar refractivity (Wildman–Crippen MR) is 70.2 cm³/mol. The molecule has 0 spiro atoms. The van der Waals surface area contributed by atoms with Gasteiger partial charge in [-0.2, -0.15) is 0 Å². The average molecular weight is 254 g/mol. The van der Waals surface area contributed by atoms with Gasteiger partial charge in [-0.15, -0.1) is 0 Å². The summed E-state index contributed by atoms with van der Waals surface area (Å²) in [7, 11) is 0. The first-order chi connectivity index (χ1) is 8.34. The highest BCUT2D eigenvalue weighted by Gasteiger charge is 2.58. The van der Waals surface area contributed by atoms with E-state index in [1.54, 1.807) is 0 Å². The van der Waals surface area contributed by atoms with Crippen LogP contribution in [-0.2, 0) is 14.3 Å². The molecule has 5 atom stereocenters. The number of ether oxygens (including phenoxy) is 2. The van der Waals surface area contributed by atoms with Gasteiger partial charge in [0.2, 0.25) is 0 Å². The Kier molecular flexibility index (Phi) is 3.72. The average Bonchev–Trinajstić information content (AvgIpc) is 2.88. The molecule has 0 amide bonds. The molecule has 1 saturated carbocycles. The molecule has 1 heterocycles. The minimum absolute atomic E-state index is 0.00325. The molecular formula is C15H26O3. The van der Waals surface area contributed by atoms with Crippen molar-refractivity contribution in [2.75, 3.05) is 0 Å². The summed E-state index contributed by atoms with van der Waals surface area (Å²) < 4.78 is 11.1. The largest absolute Gasteiger partial charge is 0.460 e. The minimum Gasteiger partial charge on any atom is -0.460 e. The number of carbonyl (C=O) groups excluding carboxylic acids is 1. The van der Waals surface area contributed by atoms with E-state index in [9.17, 15) is 4.79 Å². The molecule has 0 N–H and O–H groups in total. The molecule has 18 heavy (non-hydrogen) atoms. The molecule has 0 unspecified atom stereocenters. The summed E-state index contributed by atoms with van der Waals surface area (Å²) in [5.74, 6) is 1.56. The minimum atomic E-state index is -0.678. The normalized spacial score (nSPS) is 43.9. The van der Waals surface area contributed by atoms with Gasteiger partial charge in [-0.1, -0.05) is 27.2 Å². The molecule has 3 heteroatoms. The standard InChI is InChI=1S/C15H26O3/c1-9(2)12-7-6-10(3)8-13(12)17-14(16)15(5)11(4)18-15/h9-13H,6-8H2,1-5H3/t10-,11-,12+,13-,15-/m0/s1. The predicted octanol–water partition coefficient (Wildman–Crippen LogP) is 3.17. The first-order valence-corrected chi connectivity index (χ1v) is 7.23. The van der Waals surface area contributed by atoms with Crippen molar-refractivity contribution < 1.29 is 14.3 Å². The first kappa shape index (κ1) is 13.9. The van der Waals surface area contributed by atoms with Crippen LogP contribution in [0.3, 0.4) is 0 Å². The van der Waals surface area contributed by atoms with E-state index in [1.165, 1.54) is 12.8 Å². The monoisotopic (exact) mass is 254 g/mol. The summed E-state index contributed by atoms with van der Waals surface area (Å²) in [5, 5.41) is 0. The number of rotatable bonds is 3. The highest BCUT2D eigenvalue weighted by Crippen LogP contribution is 2.40. The van der Waals surface area contributed by atoms with Crippen molar-refractivity contribution in [3.8, 4) is 0 Å². The highest BCUT2D eigenvalue weighted by atomic mass is 16.7. The van der Waals surface area contributed by atoms with Gasteiger partial charge in [-0.25, -0.2) is 4.79 Å². The van der Waals surface area contributed by atoms with Crippen molar-refractivity contribution in [3.63, 3.8) is 0 Å². The van der Waals surface area contributed by atoms with Crippen LogP contribution in [0.5, 0.6) is 0 Å². The molecule has 1 aliphatic carbocycles. The molecule has 3 nitrogen and oxygen atoms in total. The van der Waals surface area contributed by atoms with Gasteiger partial charge in [0, 0.05) is 0 Å². The summed E-state index contributed by atoms with van der Waals surface area (Å²) in [4.78, 5) is 12.1. The Labute approximate surface area is 110 Å². The molecule has 1 aliphatic heterocycles. The second-order valence-corrected chi connectivity index (χ2v) is 6.64. The zero-order valence-corrected chi connectivity index (χ0v) is 12.2. The van der Waals surface area contributed by atoms with Crippen molar-refractivity contribution in [2.45, 2.75) is 71.7 Å². The van der Waals surface area contributed by atoms with Crippen molar-refractivity contribution >= 4 is 5.97 Å². The van der Waals surface area contributed by atoms with Crippen LogP contribution in [0.2, 0.25) is 0 Å². The molecule has 2 rings (SSSR count). The number of carbonyl (C=O) groups is 1. The van der Waals surface area contributed by atoms with Crippen LogP contribution in [0.15, 0.2) is 0 Å². The Morgan fingerprint density at radius 1 is 1.33 bits per heavy atom. The van der Waals surface area contributed by atoms with Crippen molar-refractivity contribution in [3.05, 3.63) is 0 Å². The van der Waals surface area contributed by atoms with E-state index < -0.39 is 5.60 Å². The van der Waals surface area contributed by atoms with E-state index in [1.807, 2.05) is 13.8 Å². The fourth-order valence-corrected chi connectivity index (χ4v) is 3.05. The number of hydrogen-bond acceptors (Lipinski definition) is 3. The van der Waals surface area contributed by atoms with Crippen molar-refractivity contribution in [2.24, 2.45) is 17.8 Å². The summed E-state index contributed by atoms with van der Waals surface area (Å²) in [6, 6.07) is 0. The number of epoxide rings is 1. The van der Waals surface area contributed by atoms with Gasteiger partial charge in [-0.05, 0) is 44.4 Å². The zero-order chi connectivity index (χ0) is 13.5. The third-order valence-corrected chi connectivity index (χ3v) is 4.77. The second-order valence-electron chi connectivity index (χ2n) is 6.64. The van der Waals surface area contributed by atoms with Gasteiger partial charge in [-0.3, -0.25) is 0 Å². The summed E-state index contributed by atoms with van der Waals surface area (Å²) >= 11 is 0. The fourth-order valence-electron chi connectivity index (χ4n) is 3.05. The van der Waals surface area contributed by atoms with E-state index in [4.69, 9.17) is 9.47 Å². The van der Waals surface area contributed by atoms with E-state index >= 15 is 0 Å². The molecule has 104 valence electrons. The van der Waals surface area contributed by atoms with Gasteiger partial charge in [0.25, 0.3) is 0 Å². The number of esters is 1. The fraction of sp³-hybridized carbons (Fsp3) is 0.933. The van der Waals surface area contributed by atoms with Crippen LogP contribution >= 0.6 is 0 Å². The van der Waals surface area contributed by atoms with Gasteiger partial charge in [0.1, 0.15) is 6.10 Å². The lowest BCUT2D eigenvalue weighted by Gasteiger charge is -2.37. The maximum Gasteiger partial charge on any atom is 0.341 e. The van der Waals surface area contributed by atoms with Crippen LogP contribution < -0.4 is 0 Å². The van der Waals surface area contributed by atoms with Crippen LogP contribution in [-0.4, -0.2) is 23.8 Å². The molecular weight excluding hydrogens is 228 g/mol. The maximum atomic E-state index is 12.1. The molecule has 0 aromatic rings. The SMILES string of the molecule is CC(C)[C@H]1CC[C@H](C)C[C@@H]1OC(=O)[C@@]1(C)O[C@H]1C. The smallest absolute Gasteiger partial charge is 0.341 e. The molecule has 0 bridgehead atoms. The molecule has 1 saturated heterocycles. The lowest BCUT2D eigenvalue weighted by atomic mass is 9.75. The van der Waals surface area contributed by atoms with Gasteiger partial charge in [0.05, 0.1) is 6.10 Å². The summed E-state index contributed by atoms with van der Waals surface area (Å²) in [5.41, 5.74) is -0.678. The quantitative estimate of drug-likeness (QED) is 0.573. The molecule has 2 aliphatic rings. The van der Waals surface area contributed by atoms with Crippen molar-refractivity contribution in [1.82, 2.24) is 0 Å². The van der Waals surface area contributed by atoms with Crippen LogP contribution in [0.25, 0.3) is 0 Å². The summed E-state index contributed by atoms with van der Waals surface area (Å²) in [6.07, 6.45) is 3.50. The van der Waals surface area contributed by atoms with Gasteiger partial charge in [0.15, 0.2) is 5.60 Å². The van der Waals surface area contributed by atoms with Crippen molar-refractivity contribution in [1.29, 1.82) is 0 Å². The number of hydrogen-bond donors (Lipinski definition) is 0. The van der Waals surface area contributed by atoms with Gasteiger partial charge < -0.3 is 9.47 Å². The van der Waals surface area contributed by atoms with E-state index in [0.29, 0.717) is 17.8 Å². The van der Waals surface area contributed by atoms with Crippen LogP contribution in [0.1, 0.15) is 53.9 Å². The maximum absolute atomic E-state index is 12.1.